The Labute approximate surface area is 78.2 Å². The third kappa shape index (κ3) is 1.23. The zero-order chi connectivity index (χ0) is 9.42. The molecule has 2 rings (SSSR count). The Morgan fingerprint density at radius 3 is 2.92 bits per heavy atom. The SMILES string of the molecule is COc1csc2cc(F)cc(O)c12. The molecular weight excluding hydrogens is 191 g/mol. The van der Waals surface area contributed by atoms with Crippen LogP contribution in [0.15, 0.2) is 17.5 Å². The van der Waals surface area contributed by atoms with Gasteiger partial charge in [0.2, 0.25) is 0 Å². The maximum Gasteiger partial charge on any atom is 0.141 e. The second-order valence-electron chi connectivity index (χ2n) is 2.60. The summed E-state index contributed by atoms with van der Waals surface area (Å²) in [6.07, 6.45) is 0. The van der Waals surface area contributed by atoms with Gasteiger partial charge in [-0.1, -0.05) is 0 Å². The number of ether oxygens (including phenoxy) is 1. The molecule has 0 amide bonds. The summed E-state index contributed by atoms with van der Waals surface area (Å²) in [6, 6.07) is 2.46. The van der Waals surface area contributed by atoms with Crippen molar-refractivity contribution in [2.24, 2.45) is 0 Å². The monoisotopic (exact) mass is 198 g/mol. The molecule has 0 spiro atoms. The van der Waals surface area contributed by atoms with E-state index in [4.69, 9.17) is 4.74 Å². The van der Waals surface area contributed by atoms with Crippen molar-refractivity contribution in [3.05, 3.63) is 23.3 Å². The quantitative estimate of drug-likeness (QED) is 0.763. The standard InChI is InChI=1S/C9H7FO2S/c1-12-7-4-13-8-3-5(10)2-6(11)9(7)8/h2-4,11H,1H3. The molecule has 0 saturated heterocycles. The second kappa shape index (κ2) is 2.88. The predicted octanol–water partition coefficient (Wildman–Crippen LogP) is 2.75. The molecule has 0 aliphatic heterocycles. The lowest BCUT2D eigenvalue weighted by Gasteiger charge is -1.99. The molecule has 2 nitrogen and oxygen atoms in total. The Morgan fingerprint density at radius 2 is 2.23 bits per heavy atom. The van der Waals surface area contributed by atoms with Crippen LogP contribution in [-0.4, -0.2) is 12.2 Å². The van der Waals surface area contributed by atoms with Crippen LogP contribution in [-0.2, 0) is 0 Å². The smallest absolute Gasteiger partial charge is 0.141 e. The van der Waals surface area contributed by atoms with E-state index in [0.717, 1.165) is 6.07 Å². The topological polar surface area (TPSA) is 29.5 Å². The number of thiophene rings is 1. The summed E-state index contributed by atoms with van der Waals surface area (Å²) in [5.41, 5.74) is 0. The first kappa shape index (κ1) is 8.31. The summed E-state index contributed by atoms with van der Waals surface area (Å²) >= 11 is 1.34. The first-order valence-corrected chi connectivity index (χ1v) is 4.54. The highest BCUT2D eigenvalue weighted by Crippen LogP contribution is 2.38. The molecule has 0 fully saturated rings. The van der Waals surface area contributed by atoms with Gasteiger partial charge in [0, 0.05) is 16.1 Å². The van der Waals surface area contributed by atoms with Crippen LogP contribution in [0.2, 0.25) is 0 Å². The van der Waals surface area contributed by atoms with Gasteiger partial charge in [-0.2, -0.15) is 0 Å². The Balaban J connectivity index is 2.82. The lowest BCUT2D eigenvalue weighted by Crippen LogP contribution is -1.80. The largest absolute Gasteiger partial charge is 0.507 e. The highest BCUT2D eigenvalue weighted by atomic mass is 32.1. The Kier molecular flexibility index (Phi) is 1.84. The molecule has 0 saturated carbocycles. The van der Waals surface area contributed by atoms with Crippen molar-refractivity contribution < 1.29 is 14.2 Å². The summed E-state index contributed by atoms with van der Waals surface area (Å²) in [5, 5.41) is 11.8. The summed E-state index contributed by atoms with van der Waals surface area (Å²) in [4.78, 5) is 0. The molecule has 1 aromatic heterocycles. The minimum Gasteiger partial charge on any atom is -0.507 e. The van der Waals surface area contributed by atoms with Crippen LogP contribution in [0.1, 0.15) is 0 Å². The van der Waals surface area contributed by atoms with Crippen LogP contribution >= 0.6 is 11.3 Å². The van der Waals surface area contributed by atoms with Crippen LogP contribution < -0.4 is 4.74 Å². The normalized spacial score (nSPS) is 10.6. The van der Waals surface area contributed by atoms with E-state index in [-0.39, 0.29) is 5.75 Å². The van der Waals surface area contributed by atoms with Crippen molar-refractivity contribution in [1.82, 2.24) is 0 Å². The molecule has 0 radical (unpaired) electrons. The predicted molar refractivity (Wildman–Crippen MR) is 50.0 cm³/mol. The number of fused-ring (bicyclic) bond motifs is 1. The van der Waals surface area contributed by atoms with Gasteiger partial charge < -0.3 is 9.84 Å². The van der Waals surface area contributed by atoms with Gasteiger partial charge in [-0.25, -0.2) is 4.39 Å². The van der Waals surface area contributed by atoms with Crippen molar-refractivity contribution >= 4 is 21.4 Å². The molecule has 1 N–H and O–H groups in total. The zero-order valence-electron chi connectivity index (χ0n) is 6.87. The van der Waals surface area contributed by atoms with E-state index in [1.807, 2.05) is 0 Å². The first-order valence-electron chi connectivity index (χ1n) is 3.66. The van der Waals surface area contributed by atoms with Gasteiger partial charge in [-0.3, -0.25) is 0 Å². The zero-order valence-corrected chi connectivity index (χ0v) is 7.69. The summed E-state index contributed by atoms with van der Waals surface area (Å²) in [6.45, 7) is 0. The third-order valence-corrected chi connectivity index (χ3v) is 2.71. The van der Waals surface area contributed by atoms with Crippen molar-refractivity contribution in [1.29, 1.82) is 0 Å². The van der Waals surface area contributed by atoms with Crippen LogP contribution in [0.5, 0.6) is 11.5 Å². The van der Waals surface area contributed by atoms with Gasteiger partial charge in [0.05, 0.1) is 12.5 Å². The minimum absolute atomic E-state index is 0.0758. The summed E-state index contributed by atoms with van der Waals surface area (Å²) < 4.78 is 18.5. The highest BCUT2D eigenvalue weighted by Gasteiger charge is 2.10. The molecule has 0 aliphatic carbocycles. The van der Waals surface area contributed by atoms with Gasteiger partial charge in [-0.15, -0.1) is 11.3 Å². The van der Waals surface area contributed by atoms with Crippen LogP contribution in [0.4, 0.5) is 4.39 Å². The van der Waals surface area contributed by atoms with E-state index < -0.39 is 5.82 Å². The van der Waals surface area contributed by atoms with Crippen molar-refractivity contribution in [2.45, 2.75) is 0 Å². The van der Waals surface area contributed by atoms with Crippen molar-refractivity contribution in [2.75, 3.05) is 7.11 Å². The van der Waals surface area contributed by atoms with E-state index in [1.54, 1.807) is 5.38 Å². The molecule has 13 heavy (non-hydrogen) atoms. The first-order chi connectivity index (χ1) is 6.22. The number of halogens is 1. The Bertz CT molecular complexity index is 450. The number of benzene rings is 1. The van der Waals surface area contributed by atoms with Gasteiger partial charge in [0.25, 0.3) is 0 Å². The number of hydrogen-bond donors (Lipinski definition) is 1. The lowest BCUT2D eigenvalue weighted by molar-refractivity contribution is 0.417. The van der Waals surface area contributed by atoms with Gasteiger partial charge >= 0.3 is 0 Å². The average molecular weight is 198 g/mol. The number of aromatic hydroxyl groups is 1. The van der Waals surface area contributed by atoms with Gasteiger partial charge in [-0.05, 0) is 6.07 Å². The molecule has 2 aromatic rings. The maximum atomic E-state index is 12.8. The highest BCUT2D eigenvalue weighted by molar-refractivity contribution is 7.17. The van der Waals surface area contributed by atoms with Crippen LogP contribution in [0.3, 0.4) is 0 Å². The van der Waals surface area contributed by atoms with Crippen molar-refractivity contribution in [3.8, 4) is 11.5 Å². The molecular formula is C9H7FO2S. The molecule has 1 heterocycles. The molecule has 0 bridgehead atoms. The molecule has 1 aromatic carbocycles. The molecule has 4 heteroatoms. The number of phenols is 1. The second-order valence-corrected chi connectivity index (χ2v) is 3.51. The Hall–Kier alpha value is -1.29. The molecule has 0 aliphatic rings. The van der Waals surface area contributed by atoms with Gasteiger partial charge in [0.15, 0.2) is 0 Å². The van der Waals surface area contributed by atoms with E-state index in [1.165, 1.54) is 24.5 Å². The average Bonchev–Trinajstić information content (AvgIpc) is 2.47. The summed E-state index contributed by atoms with van der Waals surface area (Å²) in [7, 11) is 1.52. The maximum absolute atomic E-state index is 12.8. The number of rotatable bonds is 1. The van der Waals surface area contributed by atoms with E-state index in [0.29, 0.717) is 15.8 Å². The van der Waals surface area contributed by atoms with Gasteiger partial charge in [0.1, 0.15) is 17.3 Å². The lowest BCUT2D eigenvalue weighted by atomic mass is 10.2. The third-order valence-electron chi connectivity index (χ3n) is 1.81. The molecule has 68 valence electrons. The number of methoxy groups -OCH3 is 1. The van der Waals surface area contributed by atoms with E-state index in [2.05, 4.69) is 0 Å². The fraction of sp³-hybridized carbons (Fsp3) is 0.111. The summed E-state index contributed by atoms with van der Waals surface area (Å²) in [5.74, 6) is 0.0695. The Morgan fingerprint density at radius 1 is 1.46 bits per heavy atom. The van der Waals surface area contributed by atoms with Crippen LogP contribution in [0, 0.1) is 5.82 Å². The molecule has 0 unspecified atom stereocenters. The van der Waals surface area contributed by atoms with E-state index in [9.17, 15) is 9.50 Å². The van der Waals surface area contributed by atoms with Crippen LogP contribution in [0.25, 0.3) is 10.1 Å². The van der Waals surface area contributed by atoms with E-state index >= 15 is 0 Å². The number of phenolic OH excluding ortho intramolecular Hbond substituents is 1. The molecule has 0 atom stereocenters. The minimum atomic E-state index is -0.436. The van der Waals surface area contributed by atoms with Crippen molar-refractivity contribution in [3.63, 3.8) is 0 Å². The number of hydrogen-bond acceptors (Lipinski definition) is 3. The fourth-order valence-corrected chi connectivity index (χ4v) is 2.19. The fourth-order valence-electron chi connectivity index (χ4n) is 1.23.